The number of amides is 1. The molecule has 1 amide bonds. The molecule has 0 aliphatic carbocycles. The van der Waals surface area contributed by atoms with Gasteiger partial charge >= 0.3 is 0 Å². The molecular weight excluding hydrogens is 303 g/mol. The van der Waals surface area contributed by atoms with Gasteiger partial charge in [-0.2, -0.15) is 0 Å². The van der Waals surface area contributed by atoms with Gasteiger partial charge in [-0.1, -0.05) is 43.7 Å². The van der Waals surface area contributed by atoms with Crippen molar-refractivity contribution in [2.75, 3.05) is 5.32 Å². The van der Waals surface area contributed by atoms with Crippen LogP contribution < -0.4 is 5.32 Å². The molecule has 0 bridgehead atoms. The van der Waals surface area contributed by atoms with E-state index in [-0.39, 0.29) is 11.6 Å². The fraction of sp³-hybridized carbons (Fsp3) is 0.250. The third kappa shape index (κ3) is 2.92. The molecule has 0 unspecified atom stereocenters. The van der Waals surface area contributed by atoms with Crippen molar-refractivity contribution in [2.45, 2.75) is 33.2 Å². The molecule has 0 radical (unpaired) electrons. The number of aryl methyl sites for hydroxylation is 2. The van der Waals surface area contributed by atoms with Crippen LogP contribution in [-0.4, -0.2) is 10.5 Å². The molecule has 3 aromatic rings. The fourth-order valence-corrected chi connectivity index (χ4v) is 3.06. The summed E-state index contributed by atoms with van der Waals surface area (Å²) in [5.74, 6) is -0.704. The number of rotatable bonds is 5. The number of nitrogens with zero attached hydrogens (tertiary/aromatic N) is 1. The smallest absolute Gasteiger partial charge is 0.272 e. The van der Waals surface area contributed by atoms with E-state index in [1.807, 2.05) is 35.8 Å². The van der Waals surface area contributed by atoms with Gasteiger partial charge in [0.15, 0.2) is 0 Å². The number of benzene rings is 2. The highest BCUT2D eigenvalue weighted by atomic mass is 19.1. The van der Waals surface area contributed by atoms with Gasteiger partial charge in [0.2, 0.25) is 0 Å². The number of halogens is 1. The average molecular weight is 324 g/mol. The quantitative estimate of drug-likeness (QED) is 0.692. The number of para-hydroxylation sites is 2. The van der Waals surface area contributed by atoms with Crippen LogP contribution >= 0.6 is 0 Å². The van der Waals surface area contributed by atoms with Crippen LogP contribution in [0.4, 0.5) is 10.1 Å². The highest BCUT2D eigenvalue weighted by Gasteiger charge is 2.20. The van der Waals surface area contributed by atoms with Crippen molar-refractivity contribution >= 4 is 22.5 Å². The minimum absolute atomic E-state index is 0.203. The van der Waals surface area contributed by atoms with E-state index < -0.39 is 5.82 Å². The molecule has 24 heavy (non-hydrogen) atoms. The predicted molar refractivity (Wildman–Crippen MR) is 95.9 cm³/mol. The highest BCUT2D eigenvalue weighted by molar-refractivity contribution is 6.08. The van der Waals surface area contributed by atoms with Gasteiger partial charge in [0, 0.05) is 17.4 Å². The molecule has 3 rings (SSSR count). The zero-order chi connectivity index (χ0) is 17.1. The molecule has 1 N–H and O–H groups in total. The van der Waals surface area contributed by atoms with Crippen molar-refractivity contribution in [3.05, 3.63) is 65.6 Å². The van der Waals surface area contributed by atoms with Gasteiger partial charge in [-0.05, 0) is 37.1 Å². The molecule has 3 nitrogen and oxygen atoms in total. The van der Waals surface area contributed by atoms with Crippen LogP contribution in [0.15, 0.2) is 48.5 Å². The second kappa shape index (κ2) is 6.87. The standard InChI is InChI=1S/C20H21FN2O/c1-3-4-13-23-18-12-8-5-9-15(18)14(2)19(23)20(24)22-17-11-7-6-10-16(17)21/h5-12H,3-4,13H2,1-2H3,(H,22,24). The summed E-state index contributed by atoms with van der Waals surface area (Å²) in [5.41, 5.74) is 2.78. The normalized spacial score (nSPS) is 11.0. The lowest BCUT2D eigenvalue weighted by Gasteiger charge is -2.12. The Morgan fingerprint density at radius 1 is 1.12 bits per heavy atom. The van der Waals surface area contributed by atoms with E-state index in [1.165, 1.54) is 6.07 Å². The Bertz CT molecular complexity index is 882. The van der Waals surface area contributed by atoms with Crippen LogP contribution in [0.5, 0.6) is 0 Å². The Kier molecular flexibility index (Phi) is 4.65. The van der Waals surface area contributed by atoms with Crippen molar-refractivity contribution in [3.8, 4) is 0 Å². The van der Waals surface area contributed by atoms with Crippen LogP contribution in [0.3, 0.4) is 0 Å². The second-order valence-corrected chi connectivity index (χ2v) is 5.93. The summed E-state index contributed by atoms with van der Waals surface area (Å²) in [5, 5.41) is 3.77. The minimum Gasteiger partial charge on any atom is -0.336 e. The van der Waals surface area contributed by atoms with Gasteiger partial charge in [-0.3, -0.25) is 4.79 Å². The first-order chi connectivity index (χ1) is 11.6. The van der Waals surface area contributed by atoms with Gasteiger partial charge in [0.25, 0.3) is 5.91 Å². The Balaban J connectivity index is 2.05. The lowest BCUT2D eigenvalue weighted by molar-refractivity contribution is 0.101. The largest absolute Gasteiger partial charge is 0.336 e. The maximum Gasteiger partial charge on any atom is 0.272 e. The van der Waals surface area contributed by atoms with E-state index in [2.05, 4.69) is 12.2 Å². The molecule has 0 atom stereocenters. The van der Waals surface area contributed by atoms with Crippen molar-refractivity contribution < 1.29 is 9.18 Å². The van der Waals surface area contributed by atoms with E-state index in [1.54, 1.807) is 18.2 Å². The van der Waals surface area contributed by atoms with E-state index in [9.17, 15) is 9.18 Å². The van der Waals surface area contributed by atoms with Crippen LogP contribution in [0.25, 0.3) is 10.9 Å². The molecule has 0 aliphatic heterocycles. The van der Waals surface area contributed by atoms with Gasteiger partial charge in [0.1, 0.15) is 11.5 Å². The number of carbonyl (C=O) groups excluding carboxylic acids is 1. The number of fused-ring (bicyclic) bond motifs is 1. The molecule has 1 heterocycles. The molecule has 124 valence electrons. The lowest BCUT2D eigenvalue weighted by Crippen LogP contribution is -2.19. The van der Waals surface area contributed by atoms with Crippen LogP contribution in [0, 0.1) is 12.7 Å². The Hall–Kier alpha value is -2.62. The summed E-state index contributed by atoms with van der Waals surface area (Å²) in [4.78, 5) is 12.8. The van der Waals surface area contributed by atoms with E-state index in [0.717, 1.165) is 35.9 Å². The molecule has 0 spiro atoms. The van der Waals surface area contributed by atoms with Crippen molar-refractivity contribution in [1.82, 2.24) is 4.57 Å². The molecule has 0 fully saturated rings. The summed E-state index contributed by atoms with van der Waals surface area (Å²) in [6, 6.07) is 14.2. The third-order valence-electron chi connectivity index (χ3n) is 4.30. The maximum atomic E-state index is 13.9. The lowest BCUT2D eigenvalue weighted by atomic mass is 10.1. The minimum atomic E-state index is -0.431. The number of carbonyl (C=O) groups is 1. The zero-order valence-electron chi connectivity index (χ0n) is 14.0. The molecule has 0 aliphatic rings. The second-order valence-electron chi connectivity index (χ2n) is 5.93. The Labute approximate surface area is 141 Å². The number of unbranched alkanes of at least 4 members (excludes halogenated alkanes) is 1. The first-order valence-electron chi connectivity index (χ1n) is 8.27. The highest BCUT2D eigenvalue weighted by Crippen LogP contribution is 2.27. The number of hydrogen-bond acceptors (Lipinski definition) is 1. The van der Waals surface area contributed by atoms with E-state index in [0.29, 0.717) is 5.69 Å². The molecule has 2 aromatic carbocycles. The fourth-order valence-electron chi connectivity index (χ4n) is 3.06. The summed E-state index contributed by atoms with van der Waals surface area (Å²) >= 11 is 0. The summed E-state index contributed by atoms with van der Waals surface area (Å²) in [7, 11) is 0. The molecule has 0 saturated carbocycles. The number of nitrogens with one attached hydrogen (secondary N) is 1. The topological polar surface area (TPSA) is 34.0 Å². The van der Waals surface area contributed by atoms with Gasteiger partial charge in [-0.25, -0.2) is 4.39 Å². The van der Waals surface area contributed by atoms with Gasteiger partial charge in [-0.15, -0.1) is 0 Å². The van der Waals surface area contributed by atoms with Gasteiger partial charge < -0.3 is 9.88 Å². The number of hydrogen-bond donors (Lipinski definition) is 1. The molecular formula is C20H21FN2O. The predicted octanol–water partition coefficient (Wildman–Crippen LogP) is 5.14. The number of aromatic nitrogens is 1. The Morgan fingerprint density at radius 3 is 2.58 bits per heavy atom. The van der Waals surface area contributed by atoms with Crippen LogP contribution in [0.2, 0.25) is 0 Å². The maximum absolute atomic E-state index is 13.9. The van der Waals surface area contributed by atoms with E-state index in [4.69, 9.17) is 0 Å². The van der Waals surface area contributed by atoms with Crippen LogP contribution in [-0.2, 0) is 6.54 Å². The van der Waals surface area contributed by atoms with Crippen molar-refractivity contribution in [2.24, 2.45) is 0 Å². The third-order valence-corrected chi connectivity index (χ3v) is 4.30. The number of anilines is 1. The summed E-state index contributed by atoms with van der Waals surface area (Å²) < 4.78 is 15.9. The van der Waals surface area contributed by atoms with Crippen molar-refractivity contribution in [3.63, 3.8) is 0 Å². The zero-order valence-corrected chi connectivity index (χ0v) is 14.0. The summed E-state index contributed by atoms with van der Waals surface area (Å²) in [6.07, 6.45) is 2.03. The average Bonchev–Trinajstić information content (AvgIpc) is 2.87. The SMILES string of the molecule is CCCCn1c(C(=O)Nc2ccccc2F)c(C)c2ccccc21. The van der Waals surface area contributed by atoms with E-state index >= 15 is 0 Å². The molecule has 4 heteroatoms. The summed E-state index contributed by atoms with van der Waals surface area (Å²) in [6.45, 7) is 4.84. The first kappa shape index (κ1) is 16.2. The monoisotopic (exact) mass is 324 g/mol. The molecule has 1 aromatic heterocycles. The molecule has 0 saturated heterocycles. The van der Waals surface area contributed by atoms with Crippen LogP contribution in [0.1, 0.15) is 35.8 Å². The van der Waals surface area contributed by atoms with Gasteiger partial charge in [0.05, 0.1) is 5.69 Å². The first-order valence-corrected chi connectivity index (χ1v) is 8.27. The Morgan fingerprint density at radius 2 is 1.83 bits per heavy atom. The van der Waals surface area contributed by atoms with Crippen molar-refractivity contribution in [1.29, 1.82) is 0 Å².